The molecule has 0 aromatic carbocycles. The van der Waals surface area contributed by atoms with Gasteiger partial charge in [0.25, 0.3) is 0 Å². The van der Waals surface area contributed by atoms with Crippen LogP contribution < -0.4 is 9.80 Å². The molecule has 104 valence electrons. The molecule has 1 aliphatic rings. The van der Waals surface area contributed by atoms with Crippen LogP contribution in [0.4, 0.5) is 11.5 Å². The second kappa shape index (κ2) is 5.74. The van der Waals surface area contributed by atoms with Crippen LogP contribution in [0.15, 0.2) is 6.20 Å². The number of rotatable bonds is 3. The van der Waals surface area contributed by atoms with Crippen molar-refractivity contribution in [3.05, 3.63) is 11.5 Å². The van der Waals surface area contributed by atoms with Crippen molar-refractivity contribution < 1.29 is 4.79 Å². The molecule has 0 bridgehead atoms. The number of halogens is 1. The van der Waals surface area contributed by atoms with E-state index >= 15 is 0 Å². The summed E-state index contributed by atoms with van der Waals surface area (Å²) in [5.74, 6) is 1.45. The predicted octanol–water partition coefficient (Wildman–Crippen LogP) is 2.35. The Morgan fingerprint density at radius 3 is 2.89 bits per heavy atom. The smallest absolute Gasteiger partial charge is 0.228 e. The maximum Gasteiger partial charge on any atom is 0.228 e. The van der Waals surface area contributed by atoms with Gasteiger partial charge in [-0.05, 0) is 23.9 Å². The van der Waals surface area contributed by atoms with Crippen molar-refractivity contribution in [1.29, 1.82) is 0 Å². The van der Waals surface area contributed by atoms with Gasteiger partial charge in [0.2, 0.25) is 11.2 Å². The van der Waals surface area contributed by atoms with Crippen molar-refractivity contribution in [1.82, 2.24) is 9.97 Å². The highest BCUT2D eigenvalue weighted by Crippen LogP contribution is 2.30. The van der Waals surface area contributed by atoms with E-state index in [9.17, 15) is 4.79 Å². The van der Waals surface area contributed by atoms with Gasteiger partial charge in [-0.3, -0.25) is 4.79 Å². The molecule has 0 saturated carbocycles. The normalized spacial score (nSPS) is 15.7. The zero-order chi connectivity index (χ0) is 14.0. The van der Waals surface area contributed by atoms with E-state index in [-0.39, 0.29) is 11.2 Å². The molecule has 1 aromatic rings. The lowest BCUT2D eigenvalue weighted by atomic mass is 10.1. The molecule has 0 fully saturated rings. The first kappa shape index (κ1) is 14.1. The molecule has 2 rings (SSSR count). The molecule has 0 spiro atoms. The summed E-state index contributed by atoms with van der Waals surface area (Å²) in [6.45, 7) is 5.92. The van der Waals surface area contributed by atoms with Crippen molar-refractivity contribution in [2.24, 2.45) is 5.92 Å². The first-order chi connectivity index (χ1) is 8.99. The van der Waals surface area contributed by atoms with Gasteiger partial charge in [0.05, 0.1) is 6.20 Å². The molecule has 2 heterocycles. The Morgan fingerprint density at radius 2 is 2.21 bits per heavy atom. The minimum absolute atomic E-state index is 0.0826. The highest BCUT2D eigenvalue weighted by Gasteiger charge is 2.25. The zero-order valence-electron chi connectivity index (χ0n) is 11.6. The van der Waals surface area contributed by atoms with Crippen LogP contribution in [0.25, 0.3) is 0 Å². The monoisotopic (exact) mass is 282 g/mol. The van der Waals surface area contributed by atoms with Gasteiger partial charge in [-0.15, -0.1) is 0 Å². The Bertz CT molecular complexity index is 478. The van der Waals surface area contributed by atoms with E-state index in [1.165, 1.54) is 0 Å². The van der Waals surface area contributed by atoms with Crippen LogP contribution >= 0.6 is 11.6 Å². The lowest BCUT2D eigenvalue weighted by Gasteiger charge is -2.24. The van der Waals surface area contributed by atoms with E-state index in [0.717, 1.165) is 24.5 Å². The van der Waals surface area contributed by atoms with Gasteiger partial charge >= 0.3 is 0 Å². The number of amides is 1. The molecule has 0 N–H and O–H groups in total. The summed E-state index contributed by atoms with van der Waals surface area (Å²) in [4.78, 5) is 24.0. The Labute approximate surface area is 118 Å². The van der Waals surface area contributed by atoms with E-state index in [1.54, 1.807) is 18.1 Å². The van der Waals surface area contributed by atoms with Gasteiger partial charge in [-0.1, -0.05) is 13.8 Å². The van der Waals surface area contributed by atoms with Gasteiger partial charge in [0, 0.05) is 26.6 Å². The summed E-state index contributed by atoms with van der Waals surface area (Å²) in [5.41, 5.74) is 0.732. The average molecular weight is 283 g/mol. The van der Waals surface area contributed by atoms with Gasteiger partial charge in [0.1, 0.15) is 5.69 Å². The van der Waals surface area contributed by atoms with Crippen LogP contribution in [-0.4, -0.2) is 36.0 Å². The number of anilines is 2. The maximum absolute atomic E-state index is 12.0. The standard InChI is InChI=1S/C13H19ClN4O/c1-9(2)4-6-18-7-5-11(19)17(3)10-8-15-13(14)16-12(10)18/h8-9H,4-7H2,1-3H3. The fourth-order valence-electron chi connectivity index (χ4n) is 2.09. The number of aromatic nitrogens is 2. The van der Waals surface area contributed by atoms with E-state index in [1.807, 2.05) is 0 Å². The first-order valence-electron chi connectivity index (χ1n) is 6.53. The molecule has 5 nitrogen and oxygen atoms in total. The molecule has 0 atom stereocenters. The molecule has 1 aromatic heterocycles. The van der Waals surface area contributed by atoms with E-state index in [2.05, 4.69) is 28.7 Å². The van der Waals surface area contributed by atoms with Gasteiger partial charge in [-0.25, -0.2) is 4.98 Å². The number of carbonyl (C=O) groups excluding carboxylic acids is 1. The average Bonchev–Trinajstić information content (AvgIpc) is 2.47. The fourth-order valence-corrected chi connectivity index (χ4v) is 2.21. The topological polar surface area (TPSA) is 49.3 Å². The van der Waals surface area contributed by atoms with E-state index < -0.39 is 0 Å². The fraction of sp³-hybridized carbons (Fsp3) is 0.615. The van der Waals surface area contributed by atoms with Crippen LogP contribution in [0.5, 0.6) is 0 Å². The van der Waals surface area contributed by atoms with Crippen LogP contribution in [0, 0.1) is 5.92 Å². The summed E-state index contributed by atoms with van der Waals surface area (Å²) in [6.07, 6.45) is 3.16. The van der Waals surface area contributed by atoms with Crippen LogP contribution in [0.3, 0.4) is 0 Å². The van der Waals surface area contributed by atoms with Crippen molar-refractivity contribution in [3.8, 4) is 0 Å². The van der Waals surface area contributed by atoms with Crippen LogP contribution in [0.2, 0.25) is 5.28 Å². The van der Waals surface area contributed by atoms with Gasteiger partial charge in [0.15, 0.2) is 5.82 Å². The van der Waals surface area contributed by atoms with Gasteiger partial charge in [-0.2, -0.15) is 4.98 Å². The van der Waals surface area contributed by atoms with Crippen molar-refractivity contribution >= 4 is 29.0 Å². The second-order valence-electron chi connectivity index (χ2n) is 5.22. The zero-order valence-corrected chi connectivity index (χ0v) is 12.3. The van der Waals surface area contributed by atoms with Crippen molar-refractivity contribution in [2.75, 3.05) is 29.9 Å². The Morgan fingerprint density at radius 1 is 1.47 bits per heavy atom. The molecular weight excluding hydrogens is 264 g/mol. The molecule has 0 radical (unpaired) electrons. The Hall–Kier alpha value is -1.36. The Balaban J connectivity index is 2.34. The molecule has 0 unspecified atom stereocenters. The minimum atomic E-state index is 0.0826. The maximum atomic E-state index is 12.0. The van der Waals surface area contributed by atoms with Crippen molar-refractivity contribution in [3.63, 3.8) is 0 Å². The molecule has 0 saturated heterocycles. The van der Waals surface area contributed by atoms with E-state index in [4.69, 9.17) is 11.6 Å². The first-order valence-corrected chi connectivity index (χ1v) is 6.91. The third-order valence-corrected chi connectivity index (χ3v) is 3.51. The lowest BCUT2D eigenvalue weighted by molar-refractivity contribution is -0.118. The number of carbonyl (C=O) groups is 1. The SMILES string of the molecule is CC(C)CCN1CCC(=O)N(C)c2cnc(Cl)nc21. The highest BCUT2D eigenvalue weighted by molar-refractivity contribution is 6.28. The number of fused-ring (bicyclic) bond motifs is 1. The highest BCUT2D eigenvalue weighted by atomic mass is 35.5. The number of nitrogens with zero attached hydrogens (tertiary/aromatic N) is 4. The molecular formula is C13H19ClN4O. The van der Waals surface area contributed by atoms with Crippen LogP contribution in [0.1, 0.15) is 26.7 Å². The summed E-state index contributed by atoms with van der Waals surface area (Å²) >= 11 is 5.89. The molecule has 6 heteroatoms. The number of hydrogen-bond acceptors (Lipinski definition) is 4. The lowest BCUT2D eigenvalue weighted by Crippen LogP contribution is -2.27. The third kappa shape index (κ3) is 3.15. The largest absolute Gasteiger partial charge is 0.354 e. The number of hydrogen-bond donors (Lipinski definition) is 0. The van der Waals surface area contributed by atoms with Gasteiger partial charge < -0.3 is 9.80 Å². The Kier molecular flexibility index (Phi) is 4.24. The summed E-state index contributed by atoms with van der Waals surface area (Å²) in [6, 6.07) is 0. The summed E-state index contributed by atoms with van der Waals surface area (Å²) in [5, 5.41) is 0.219. The van der Waals surface area contributed by atoms with Crippen molar-refractivity contribution in [2.45, 2.75) is 26.7 Å². The molecule has 1 amide bonds. The molecule has 0 aliphatic carbocycles. The van der Waals surface area contributed by atoms with Crippen LogP contribution in [-0.2, 0) is 4.79 Å². The predicted molar refractivity (Wildman–Crippen MR) is 76.7 cm³/mol. The molecule has 19 heavy (non-hydrogen) atoms. The summed E-state index contributed by atoms with van der Waals surface area (Å²) in [7, 11) is 1.75. The minimum Gasteiger partial charge on any atom is -0.354 e. The summed E-state index contributed by atoms with van der Waals surface area (Å²) < 4.78 is 0. The third-order valence-electron chi connectivity index (χ3n) is 3.33. The van der Waals surface area contributed by atoms with E-state index in [0.29, 0.717) is 18.9 Å². The second-order valence-corrected chi connectivity index (χ2v) is 5.56. The molecule has 1 aliphatic heterocycles. The quantitative estimate of drug-likeness (QED) is 0.799.